The monoisotopic (exact) mass is 351 g/mol. The standard InChI is InChI=1S/C17H15Cl2NO3/c1-22-13-6-9-7-15(21)20-17(10(9)8-14(13)23-2)16-11(18)4-3-5-12(16)19/h3-6,8,17H,7H2,1-2H3,(H,20,21). The molecule has 2 aromatic carbocycles. The van der Waals surface area contributed by atoms with Crippen molar-refractivity contribution in [1.82, 2.24) is 5.32 Å². The van der Waals surface area contributed by atoms with Gasteiger partial charge in [-0.1, -0.05) is 29.3 Å². The van der Waals surface area contributed by atoms with E-state index in [0.717, 1.165) is 11.1 Å². The predicted molar refractivity (Wildman–Crippen MR) is 89.7 cm³/mol. The van der Waals surface area contributed by atoms with Gasteiger partial charge in [-0.3, -0.25) is 4.79 Å². The molecule has 0 saturated carbocycles. The third-order valence-electron chi connectivity index (χ3n) is 3.90. The Labute approximate surface area is 144 Å². The first-order valence-corrected chi connectivity index (χ1v) is 7.78. The molecule has 0 aliphatic carbocycles. The number of hydrogen-bond acceptors (Lipinski definition) is 3. The molecule has 1 aliphatic rings. The molecule has 0 bridgehead atoms. The molecule has 0 spiro atoms. The second kappa shape index (κ2) is 6.30. The summed E-state index contributed by atoms with van der Waals surface area (Å²) in [4.78, 5) is 12.1. The lowest BCUT2D eigenvalue weighted by Gasteiger charge is -2.29. The van der Waals surface area contributed by atoms with Crippen LogP contribution in [0.4, 0.5) is 0 Å². The summed E-state index contributed by atoms with van der Waals surface area (Å²) in [5.74, 6) is 1.09. The van der Waals surface area contributed by atoms with E-state index in [0.29, 0.717) is 27.1 Å². The van der Waals surface area contributed by atoms with Crippen LogP contribution in [-0.2, 0) is 11.2 Å². The SMILES string of the molecule is COc1cc2c(cc1OC)C(c1c(Cl)cccc1Cl)NC(=O)C2. The molecule has 1 N–H and O–H groups in total. The van der Waals surface area contributed by atoms with Crippen molar-refractivity contribution in [1.29, 1.82) is 0 Å². The number of amides is 1. The van der Waals surface area contributed by atoms with Gasteiger partial charge in [-0.15, -0.1) is 0 Å². The van der Waals surface area contributed by atoms with Crippen molar-refractivity contribution >= 4 is 29.1 Å². The normalized spacial score (nSPS) is 16.5. The van der Waals surface area contributed by atoms with Gasteiger partial charge in [0.05, 0.1) is 26.7 Å². The van der Waals surface area contributed by atoms with Crippen LogP contribution in [0.1, 0.15) is 22.7 Å². The van der Waals surface area contributed by atoms with Crippen LogP contribution < -0.4 is 14.8 Å². The number of nitrogens with one attached hydrogen (secondary N) is 1. The van der Waals surface area contributed by atoms with E-state index in [1.807, 2.05) is 12.1 Å². The second-order valence-electron chi connectivity index (χ2n) is 5.22. The zero-order valence-corrected chi connectivity index (χ0v) is 14.2. The zero-order chi connectivity index (χ0) is 16.6. The number of halogens is 2. The Kier molecular flexibility index (Phi) is 4.37. The van der Waals surface area contributed by atoms with E-state index in [-0.39, 0.29) is 12.3 Å². The molecule has 120 valence electrons. The Balaban J connectivity index is 2.20. The van der Waals surface area contributed by atoms with Gasteiger partial charge in [-0.25, -0.2) is 0 Å². The second-order valence-corrected chi connectivity index (χ2v) is 6.03. The van der Waals surface area contributed by atoms with Gasteiger partial charge in [0.25, 0.3) is 0 Å². The highest BCUT2D eigenvalue weighted by Gasteiger charge is 2.30. The van der Waals surface area contributed by atoms with Crippen LogP contribution in [0, 0.1) is 0 Å². The summed E-state index contributed by atoms with van der Waals surface area (Å²) < 4.78 is 10.7. The van der Waals surface area contributed by atoms with Crippen molar-refractivity contribution in [3.8, 4) is 11.5 Å². The van der Waals surface area contributed by atoms with Gasteiger partial charge in [0.15, 0.2) is 11.5 Å². The topological polar surface area (TPSA) is 47.6 Å². The van der Waals surface area contributed by atoms with Crippen LogP contribution in [0.3, 0.4) is 0 Å². The molecule has 4 nitrogen and oxygen atoms in total. The maximum absolute atomic E-state index is 12.1. The molecule has 2 aromatic rings. The van der Waals surface area contributed by atoms with Crippen molar-refractivity contribution in [2.75, 3.05) is 14.2 Å². The first-order chi connectivity index (χ1) is 11.0. The molecule has 1 aliphatic heterocycles. The summed E-state index contributed by atoms with van der Waals surface area (Å²) in [6.45, 7) is 0. The fraction of sp³-hybridized carbons (Fsp3) is 0.235. The maximum atomic E-state index is 12.1. The number of methoxy groups -OCH3 is 2. The van der Waals surface area contributed by atoms with Crippen LogP contribution in [0.25, 0.3) is 0 Å². The Morgan fingerprint density at radius 1 is 1.09 bits per heavy atom. The fourth-order valence-corrected chi connectivity index (χ4v) is 3.45. The van der Waals surface area contributed by atoms with Gasteiger partial charge in [0, 0.05) is 15.6 Å². The predicted octanol–water partition coefficient (Wildman–Crippen LogP) is 3.77. The molecule has 1 atom stereocenters. The number of hydrogen-bond donors (Lipinski definition) is 1. The molecule has 1 amide bonds. The van der Waals surface area contributed by atoms with E-state index < -0.39 is 6.04 Å². The summed E-state index contributed by atoms with van der Waals surface area (Å²) >= 11 is 12.6. The summed E-state index contributed by atoms with van der Waals surface area (Å²) in [6, 6.07) is 8.54. The summed E-state index contributed by atoms with van der Waals surface area (Å²) in [7, 11) is 3.14. The highest BCUT2D eigenvalue weighted by atomic mass is 35.5. The lowest BCUT2D eigenvalue weighted by molar-refractivity contribution is -0.121. The Morgan fingerprint density at radius 3 is 2.30 bits per heavy atom. The number of rotatable bonds is 3. The van der Waals surface area contributed by atoms with E-state index in [4.69, 9.17) is 32.7 Å². The molecule has 0 radical (unpaired) electrons. The van der Waals surface area contributed by atoms with Crippen LogP contribution in [0.15, 0.2) is 30.3 Å². The minimum Gasteiger partial charge on any atom is -0.493 e. The summed E-state index contributed by atoms with van der Waals surface area (Å²) in [5.41, 5.74) is 2.45. The van der Waals surface area contributed by atoms with Gasteiger partial charge in [-0.2, -0.15) is 0 Å². The quantitative estimate of drug-likeness (QED) is 0.915. The number of benzene rings is 2. The van der Waals surface area contributed by atoms with E-state index in [2.05, 4.69) is 5.32 Å². The molecule has 1 unspecified atom stereocenters. The van der Waals surface area contributed by atoms with Crippen molar-refractivity contribution < 1.29 is 14.3 Å². The molecule has 3 rings (SSSR count). The van der Waals surface area contributed by atoms with Gasteiger partial charge >= 0.3 is 0 Å². The molecule has 0 aromatic heterocycles. The number of ether oxygens (including phenoxy) is 2. The summed E-state index contributed by atoms with van der Waals surface area (Å²) in [6.07, 6.45) is 0.272. The highest BCUT2D eigenvalue weighted by Crippen LogP contribution is 2.41. The average molecular weight is 352 g/mol. The van der Waals surface area contributed by atoms with Gasteiger partial charge in [0.1, 0.15) is 0 Å². The molecule has 6 heteroatoms. The van der Waals surface area contributed by atoms with Crippen molar-refractivity contribution in [2.45, 2.75) is 12.5 Å². The first kappa shape index (κ1) is 16.0. The van der Waals surface area contributed by atoms with Crippen LogP contribution in [0.5, 0.6) is 11.5 Å². The lowest BCUT2D eigenvalue weighted by atomic mass is 9.89. The fourth-order valence-electron chi connectivity index (χ4n) is 2.84. The number of carbonyl (C=O) groups excluding carboxylic acids is 1. The van der Waals surface area contributed by atoms with E-state index in [1.165, 1.54) is 0 Å². The smallest absolute Gasteiger partial charge is 0.225 e. The third-order valence-corrected chi connectivity index (χ3v) is 4.56. The first-order valence-electron chi connectivity index (χ1n) is 7.03. The van der Waals surface area contributed by atoms with Crippen LogP contribution >= 0.6 is 23.2 Å². The molecule has 23 heavy (non-hydrogen) atoms. The molecule has 1 heterocycles. The van der Waals surface area contributed by atoms with Gasteiger partial charge in [0.2, 0.25) is 5.91 Å². The maximum Gasteiger partial charge on any atom is 0.225 e. The largest absolute Gasteiger partial charge is 0.493 e. The minimum atomic E-state index is -0.424. The Bertz CT molecular complexity index is 756. The zero-order valence-electron chi connectivity index (χ0n) is 12.7. The summed E-state index contributed by atoms with van der Waals surface area (Å²) in [5, 5.41) is 3.97. The molecule has 0 fully saturated rings. The highest BCUT2D eigenvalue weighted by molar-refractivity contribution is 6.36. The Hall–Kier alpha value is -1.91. The van der Waals surface area contributed by atoms with Crippen molar-refractivity contribution in [3.63, 3.8) is 0 Å². The lowest BCUT2D eigenvalue weighted by Crippen LogP contribution is -2.36. The molecular formula is C17H15Cl2NO3. The van der Waals surface area contributed by atoms with Gasteiger partial charge in [-0.05, 0) is 35.4 Å². The molecule has 0 saturated heterocycles. The minimum absolute atomic E-state index is 0.0919. The number of fused-ring (bicyclic) bond motifs is 1. The van der Waals surface area contributed by atoms with Crippen molar-refractivity contribution in [2.24, 2.45) is 0 Å². The van der Waals surface area contributed by atoms with Crippen LogP contribution in [-0.4, -0.2) is 20.1 Å². The van der Waals surface area contributed by atoms with Crippen LogP contribution in [0.2, 0.25) is 10.0 Å². The van der Waals surface area contributed by atoms with Gasteiger partial charge < -0.3 is 14.8 Å². The van der Waals surface area contributed by atoms with Crippen molar-refractivity contribution in [3.05, 3.63) is 57.1 Å². The molecular weight excluding hydrogens is 337 g/mol. The Morgan fingerprint density at radius 2 is 1.70 bits per heavy atom. The van der Waals surface area contributed by atoms with E-state index >= 15 is 0 Å². The van der Waals surface area contributed by atoms with E-state index in [9.17, 15) is 4.79 Å². The number of carbonyl (C=O) groups is 1. The van der Waals surface area contributed by atoms with E-state index in [1.54, 1.807) is 32.4 Å². The average Bonchev–Trinajstić information content (AvgIpc) is 2.53. The third kappa shape index (κ3) is 2.84.